The third-order valence-corrected chi connectivity index (χ3v) is 6.77. The second-order valence-electron chi connectivity index (χ2n) is 7.15. The van der Waals surface area contributed by atoms with E-state index < -0.39 is 15.1 Å². The number of fused-ring (bicyclic) bond motifs is 1. The summed E-state index contributed by atoms with van der Waals surface area (Å²) in [5.74, 6) is -0.332. The number of sulfone groups is 1. The van der Waals surface area contributed by atoms with Crippen LogP contribution in [0, 0.1) is 0 Å². The van der Waals surface area contributed by atoms with Crippen LogP contribution in [0.2, 0.25) is 5.02 Å². The van der Waals surface area contributed by atoms with Crippen LogP contribution in [0.15, 0.2) is 48.5 Å². The standard InChI is InChI=1S/C22H24ClNO4S/c1-4-5-9-22(25)28-24-20-8-6-7-18(15(2)29(3,26)27)19(20)14-21(24)16-10-12-17(23)13-11-16/h6-8,10-15H,4-5,9H2,1-3H3. The predicted octanol–water partition coefficient (Wildman–Crippen LogP) is 5.21. The molecule has 1 heterocycles. The van der Waals surface area contributed by atoms with Crippen molar-refractivity contribution in [1.82, 2.24) is 4.73 Å². The summed E-state index contributed by atoms with van der Waals surface area (Å²) >= 11 is 6.02. The van der Waals surface area contributed by atoms with Crippen molar-refractivity contribution in [3.8, 4) is 11.3 Å². The van der Waals surface area contributed by atoms with E-state index in [2.05, 4.69) is 0 Å². The highest BCUT2D eigenvalue weighted by atomic mass is 35.5. The molecule has 29 heavy (non-hydrogen) atoms. The molecule has 0 saturated heterocycles. The molecule has 1 unspecified atom stereocenters. The summed E-state index contributed by atoms with van der Waals surface area (Å²) in [6.45, 7) is 3.67. The highest BCUT2D eigenvalue weighted by Gasteiger charge is 2.23. The van der Waals surface area contributed by atoms with Gasteiger partial charge in [-0.15, -0.1) is 0 Å². The Morgan fingerprint density at radius 1 is 1.17 bits per heavy atom. The molecule has 0 saturated carbocycles. The van der Waals surface area contributed by atoms with Gasteiger partial charge in [-0.1, -0.05) is 49.2 Å². The molecule has 1 atom stereocenters. The lowest BCUT2D eigenvalue weighted by molar-refractivity contribution is -0.143. The fraction of sp³-hybridized carbons (Fsp3) is 0.318. The minimum absolute atomic E-state index is 0.315. The largest absolute Gasteiger partial charge is 0.336 e. The van der Waals surface area contributed by atoms with Gasteiger partial charge in [-0.05, 0) is 43.2 Å². The monoisotopic (exact) mass is 433 g/mol. The number of benzene rings is 2. The Balaban J connectivity index is 2.20. The third kappa shape index (κ3) is 4.65. The maximum atomic E-state index is 12.4. The van der Waals surface area contributed by atoms with Crippen LogP contribution in [-0.4, -0.2) is 25.4 Å². The van der Waals surface area contributed by atoms with Gasteiger partial charge in [0.15, 0.2) is 9.84 Å². The molecular weight excluding hydrogens is 410 g/mol. The lowest BCUT2D eigenvalue weighted by Gasteiger charge is -2.13. The number of unbranched alkanes of at least 4 members (excludes halogenated alkanes) is 1. The number of hydrogen-bond acceptors (Lipinski definition) is 4. The number of nitrogens with zero attached hydrogens (tertiary/aromatic N) is 1. The Morgan fingerprint density at radius 3 is 2.48 bits per heavy atom. The van der Waals surface area contributed by atoms with Crippen molar-refractivity contribution < 1.29 is 18.0 Å². The highest BCUT2D eigenvalue weighted by molar-refractivity contribution is 7.90. The Labute approximate surface area is 176 Å². The molecule has 0 N–H and O–H groups in total. The van der Waals surface area contributed by atoms with Crippen molar-refractivity contribution >= 4 is 38.3 Å². The Morgan fingerprint density at radius 2 is 1.86 bits per heavy atom. The molecule has 1 aromatic heterocycles. The lowest BCUT2D eigenvalue weighted by Crippen LogP contribution is -2.20. The number of carbonyl (C=O) groups excluding carboxylic acids is 1. The minimum atomic E-state index is -3.29. The van der Waals surface area contributed by atoms with Gasteiger partial charge in [-0.2, -0.15) is 4.73 Å². The van der Waals surface area contributed by atoms with E-state index in [1.165, 1.54) is 11.0 Å². The maximum absolute atomic E-state index is 12.4. The van der Waals surface area contributed by atoms with Crippen molar-refractivity contribution in [1.29, 1.82) is 0 Å². The maximum Gasteiger partial charge on any atom is 0.332 e. The quantitative estimate of drug-likeness (QED) is 0.512. The fourth-order valence-electron chi connectivity index (χ4n) is 3.20. The first kappa shape index (κ1) is 21.4. The second-order valence-corrected chi connectivity index (χ2v) is 9.95. The number of carbonyl (C=O) groups is 1. The van der Waals surface area contributed by atoms with Gasteiger partial charge >= 0.3 is 5.97 Å². The summed E-state index contributed by atoms with van der Waals surface area (Å²) < 4.78 is 25.8. The van der Waals surface area contributed by atoms with Gasteiger partial charge in [0.05, 0.1) is 16.5 Å². The Hall–Kier alpha value is -2.31. The zero-order valence-corrected chi connectivity index (χ0v) is 18.3. The summed E-state index contributed by atoms with van der Waals surface area (Å²) in [4.78, 5) is 18.1. The summed E-state index contributed by atoms with van der Waals surface area (Å²) in [7, 11) is -3.29. The Kier molecular flexibility index (Phi) is 6.34. The van der Waals surface area contributed by atoms with Gasteiger partial charge < -0.3 is 4.84 Å². The SMILES string of the molecule is CCCCC(=O)On1c(-c2ccc(Cl)cc2)cc2c(C(C)S(C)(=O)=O)cccc21. The zero-order chi connectivity index (χ0) is 21.2. The van der Waals surface area contributed by atoms with Crippen LogP contribution in [-0.2, 0) is 14.6 Å². The van der Waals surface area contributed by atoms with Gasteiger partial charge in [0, 0.05) is 28.6 Å². The summed E-state index contributed by atoms with van der Waals surface area (Å²) in [6, 6.07) is 14.5. The minimum Gasteiger partial charge on any atom is -0.336 e. The first-order chi connectivity index (χ1) is 13.7. The van der Waals surface area contributed by atoms with Crippen LogP contribution in [0.1, 0.15) is 43.9 Å². The van der Waals surface area contributed by atoms with E-state index in [-0.39, 0.29) is 5.97 Å². The van der Waals surface area contributed by atoms with E-state index >= 15 is 0 Å². The van der Waals surface area contributed by atoms with Gasteiger partial charge in [-0.3, -0.25) is 0 Å². The smallest absolute Gasteiger partial charge is 0.332 e. The van der Waals surface area contributed by atoms with Gasteiger partial charge in [-0.25, -0.2) is 13.2 Å². The van der Waals surface area contributed by atoms with Crippen LogP contribution < -0.4 is 4.84 Å². The van der Waals surface area contributed by atoms with E-state index in [0.29, 0.717) is 28.2 Å². The van der Waals surface area contributed by atoms with Gasteiger partial charge in [0.2, 0.25) is 0 Å². The Bertz CT molecular complexity index is 1130. The molecule has 0 amide bonds. The number of rotatable bonds is 7. The van der Waals surface area contributed by atoms with Crippen LogP contribution in [0.4, 0.5) is 0 Å². The fourth-order valence-corrected chi connectivity index (χ4v) is 4.00. The molecule has 0 bridgehead atoms. The molecule has 3 aromatic rings. The molecular formula is C22H24ClNO4S. The average molecular weight is 434 g/mol. The summed E-state index contributed by atoms with van der Waals surface area (Å²) in [5, 5.41) is 0.650. The molecule has 2 aromatic carbocycles. The molecule has 0 aliphatic carbocycles. The molecule has 154 valence electrons. The molecule has 0 aliphatic heterocycles. The second kappa shape index (κ2) is 8.59. The number of halogens is 1. The molecule has 0 fully saturated rings. The number of aromatic nitrogens is 1. The van der Waals surface area contributed by atoms with Crippen molar-refractivity contribution in [3.05, 3.63) is 59.1 Å². The van der Waals surface area contributed by atoms with E-state index in [9.17, 15) is 13.2 Å². The first-order valence-electron chi connectivity index (χ1n) is 9.52. The van der Waals surface area contributed by atoms with E-state index in [1.54, 1.807) is 31.2 Å². The van der Waals surface area contributed by atoms with E-state index in [1.807, 2.05) is 31.2 Å². The number of hydrogen-bond donors (Lipinski definition) is 0. The van der Waals surface area contributed by atoms with E-state index in [0.717, 1.165) is 23.8 Å². The van der Waals surface area contributed by atoms with Gasteiger partial charge in [0.25, 0.3) is 0 Å². The van der Waals surface area contributed by atoms with Gasteiger partial charge in [0.1, 0.15) is 0 Å². The average Bonchev–Trinajstić information content (AvgIpc) is 3.04. The normalized spacial score (nSPS) is 12.8. The first-order valence-corrected chi connectivity index (χ1v) is 11.9. The summed E-state index contributed by atoms with van der Waals surface area (Å²) in [6.07, 6.45) is 3.17. The predicted molar refractivity (Wildman–Crippen MR) is 117 cm³/mol. The van der Waals surface area contributed by atoms with Crippen LogP contribution >= 0.6 is 11.6 Å². The van der Waals surface area contributed by atoms with Crippen molar-refractivity contribution in [2.24, 2.45) is 0 Å². The summed E-state index contributed by atoms with van der Waals surface area (Å²) in [5.41, 5.74) is 2.79. The van der Waals surface area contributed by atoms with Crippen molar-refractivity contribution in [2.45, 2.75) is 38.4 Å². The zero-order valence-electron chi connectivity index (χ0n) is 16.7. The molecule has 5 nitrogen and oxygen atoms in total. The molecule has 0 radical (unpaired) electrons. The van der Waals surface area contributed by atoms with Crippen molar-refractivity contribution in [2.75, 3.05) is 6.26 Å². The van der Waals surface area contributed by atoms with Crippen LogP contribution in [0.3, 0.4) is 0 Å². The van der Waals surface area contributed by atoms with Crippen molar-refractivity contribution in [3.63, 3.8) is 0 Å². The molecule has 7 heteroatoms. The van der Waals surface area contributed by atoms with Crippen LogP contribution in [0.25, 0.3) is 22.2 Å². The molecule has 0 spiro atoms. The molecule has 0 aliphatic rings. The topological polar surface area (TPSA) is 65.4 Å². The lowest BCUT2D eigenvalue weighted by atomic mass is 10.1. The van der Waals surface area contributed by atoms with Crippen LogP contribution in [0.5, 0.6) is 0 Å². The third-order valence-electron chi connectivity index (χ3n) is 4.98. The van der Waals surface area contributed by atoms with E-state index in [4.69, 9.17) is 16.4 Å². The highest BCUT2D eigenvalue weighted by Crippen LogP contribution is 2.34. The molecule has 3 rings (SSSR count).